The number of nitrogens with one attached hydrogen (secondary N) is 3. The topological polar surface area (TPSA) is 102 Å². The zero-order valence-electron chi connectivity index (χ0n) is 15.8. The second-order valence-corrected chi connectivity index (χ2v) is 7.75. The molecule has 3 atom stereocenters. The van der Waals surface area contributed by atoms with Crippen molar-refractivity contribution >= 4 is 22.8 Å². The van der Waals surface area contributed by atoms with Crippen molar-refractivity contribution < 1.29 is 21.9 Å². The Morgan fingerprint density at radius 1 is 1.28 bits per heavy atom. The summed E-state index contributed by atoms with van der Waals surface area (Å²) in [6, 6.07) is 4.66. The third-order valence-corrected chi connectivity index (χ3v) is 5.34. The van der Waals surface area contributed by atoms with Crippen LogP contribution in [0.3, 0.4) is 0 Å². The van der Waals surface area contributed by atoms with Crippen LogP contribution in [0.15, 0.2) is 24.3 Å². The van der Waals surface area contributed by atoms with E-state index in [1.54, 1.807) is 6.07 Å². The van der Waals surface area contributed by atoms with Crippen molar-refractivity contribution in [2.45, 2.75) is 32.5 Å². The fourth-order valence-electron chi connectivity index (χ4n) is 3.24. The van der Waals surface area contributed by atoms with E-state index in [4.69, 9.17) is 0 Å². The largest absolute Gasteiger partial charge is 0.755 e. The number of anilines is 2. The molecular weight excluding hydrogens is 407 g/mol. The van der Waals surface area contributed by atoms with Crippen molar-refractivity contribution in [3.05, 3.63) is 35.4 Å². The van der Waals surface area contributed by atoms with Crippen molar-refractivity contribution in [3.63, 3.8) is 0 Å². The summed E-state index contributed by atoms with van der Waals surface area (Å²) in [4.78, 5) is 0. The fourth-order valence-corrected chi connectivity index (χ4v) is 3.58. The normalized spacial score (nSPS) is 20.9. The quantitative estimate of drug-likeness (QED) is 0.633. The Kier molecular flexibility index (Phi) is 6.39. The molecule has 1 saturated heterocycles. The molecule has 0 aliphatic carbocycles. The highest BCUT2D eigenvalue weighted by Crippen LogP contribution is 2.36. The van der Waals surface area contributed by atoms with E-state index in [9.17, 15) is 21.9 Å². The van der Waals surface area contributed by atoms with Gasteiger partial charge in [0, 0.05) is 29.4 Å². The van der Waals surface area contributed by atoms with Crippen molar-refractivity contribution in [2.24, 2.45) is 5.92 Å². The molecule has 1 aliphatic heterocycles. The minimum absolute atomic E-state index is 0.189. The first-order chi connectivity index (χ1) is 13.6. The first-order valence-corrected chi connectivity index (χ1v) is 10.1. The Hall–Kier alpha value is -2.24. The number of halogens is 3. The molecule has 29 heavy (non-hydrogen) atoms. The standard InChI is InChI=1S/C18H22F3N5O2S/c1-10-5-6-22-9-16(10)23-17-11(2)7-14(24-25-17)13-4-3-12(18(19,20)21)8-15(13)26-29(27)28/h3-4,7-8,10,16,22,26H,5-6,9H2,1-2H3,(H,23,25)(H,27,28)/p-1. The van der Waals surface area contributed by atoms with E-state index >= 15 is 0 Å². The molecule has 11 heteroatoms. The van der Waals surface area contributed by atoms with Crippen molar-refractivity contribution in [3.8, 4) is 11.3 Å². The van der Waals surface area contributed by atoms with Gasteiger partial charge in [0.25, 0.3) is 0 Å². The maximum Gasteiger partial charge on any atom is 0.416 e. The molecule has 0 radical (unpaired) electrons. The summed E-state index contributed by atoms with van der Waals surface area (Å²) < 4.78 is 63.1. The van der Waals surface area contributed by atoms with Crippen LogP contribution in [0.1, 0.15) is 24.5 Å². The lowest BCUT2D eigenvalue weighted by molar-refractivity contribution is -0.137. The molecule has 1 aromatic carbocycles. The Labute approximate surface area is 168 Å². The van der Waals surface area contributed by atoms with Gasteiger partial charge in [-0.2, -0.15) is 13.2 Å². The lowest BCUT2D eigenvalue weighted by Crippen LogP contribution is -2.44. The zero-order valence-corrected chi connectivity index (χ0v) is 16.7. The first-order valence-electron chi connectivity index (χ1n) is 9.04. The monoisotopic (exact) mass is 428 g/mol. The maximum absolute atomic E-state index is 13.0. The zero-order chi connectivity index (χ0) is 21.2. The number of aromatic nitrogens is 2. The van der Waals surface area contributed by atoms with Gasteiger partial charge in [-0.25, -0.2) is 0 Å². The molecule has 3 rings (SSSR count). The van der Waals surface area contributed by atoms with E-state index in [1.165, 1.54) is 6.07 Å². The summed E-state index contributed by atoms with van der Waals surface area (Å²) in [5.74, 6) is 1.04. The first kappa shape index (κ1) is 21.5. The van der Waals surface area contributed by atoms with E-state index < -0.39 is 23.0 Å². The molecular formula is C18H21F3N5O2S-. The van der Waals surface area contributed by atoms with Crippen LogP contribution in [-0.2, 0) is 17.4 Å². The summed E-state index contributed by atoms with van der Waals surface area (Å²) in [6.45, 7) is 5.73. The van der Waals surface area contributed by atoms with Crippen molar-refractivity contribution in [1.29, 1.82) is 0 Å². The number of hydrogen-bond donors (Lipinski definition) is 3. The molecule has 0 saturated carbocycles. The molecule has 158 valence electrons. The van der Waals surface area contributed by atoms with Gasteiger partial charge in [-0.15, -0.1) is 10.2 Å². The van der Waals surface area contributed by atoms with Crippen LogP contribution in [0.4, 0.5) is 24.7 Å². The van der Waals surface area contributed by atoms with Crippen LogP contribution in [0.5, 0.6) is 0 Å². The van der Waals surface area contributed by atoms with Crippen LogP contribution in [0.25, 0.3) is 11.3 Å². The van der Waals surface area contributed by atoms with E-state index in [1.807, 2.05) is 11.6 Å². The Balaban J connectivity index is 1.91. The third kappa shape index (κ3) is 5.22. The smallest absolute Gasteiger partial charge is 0.416 e. The van der Waals surface area contributed by atoms with Crippen LogP contribution in [0.2, 0.25) is 0 Å². The summed E-state index contributed by atoms with van der Waals surface area (Å²) in [7, 11) is 0. The minimum atomic E-state index is -4.60. The molecule has 2 aromatic rings. The third-order valence-electron chi connectivity index (χ3n) is 4.95. The number of nitrogens with zero attached hydrogens (tertiary/aromatic N) is 2. The second kappa shape index (κ2) is 8.64. The van der Waals surface area contributed by atoms with Gasteiger partial charge in [-0.3, -0.25) is 4.21 Å². The molecule has 1 fully saturated rings. The van der Waals surface area contributed by atoms with Gasteiger partial charge in [0.05, 0.1) is 16.9 Å². The molecule has 0 amide bonds. The van der Waals surface area contributed by atoms with Gasteiger partial charge in [0.2, 0.25) is 0 Å². The summed E-state index contributed by atoms with van der Waals surface area (Å²) in [5.41, 5.74) is 0.0482. The molecule has 1 aliphatic rings. The van der Waals surface area contributed by atoms with Gasteiger partial charge in [0.1, 0.15) is 0 Å². The van der Waals surface area contributed by atoms with Crippen LogP contribution in [-0.4, -0.2) is 38.1 Å². The fraction of sp³-hybridized carbons (Fsp3) is 0.444. The Morgan fingerprint density at radius 3 is 2.66 bits per heavy atom. The lowest BCUT2D eigenvalue weighted by Gasteiger charge is -2.30. The SMILES string of the molecule is Cc1cc(-c2ccc(C(F)(F)F)cc2NS(=O)[O-])nnc1NC1CNCCC1C. The average Bonchev–Trinajstić information content (AvgIpc) is 2.64. The van der Waals surface area contributed by atoms with E-state index in [0.717, 1.165) is 37.2 Å². The molecule has 1 aromatic heterocycles. The van der Waals surface area contributed by atoms with Crippen LogP contribution < -0.4 is 15.4 Å². The summed E-state index contributed by atoms with van der Waals surface area (Å²) >= 11 is -2.79. The number of rotatable bonds is 5. The van der Waals surface area contributed by atoms with Gasteiger partial charge in [-0.05, 0) is 49.6 Å². The number of aryl methyl sites for hydroxylation is 1. The summed E-state index contributed by atoms with van der Waals surface area (Å²) in [6.07, 6.45) is -3.56. The predicted molar refractivity (Wildman–Crippen MR) is 104 cm³/mol. The van der Waals surface area contributed by atoms with E-state index in [-0.39, 0.29) is 23.0 Å². The van der Waals surface area contributed by atoms with Crippen LogP contribution in [0, 0.1) is 12.8 Å². The summed E-state index contributed by atoms with van der Waals surface area (Å²) in [5, 5.41) is 15.0. The van der Waals surface area contributed by atoms with Crippen LogP contribution >= 0.6 is 0 Å². The average molecular weight is 428 g/mol. The highest BCUT2D eigenvalue weighted by molar-refractivity contribution is 7.80. The highest BCUT2D eigenvalue weighted by atomic mass is 32.2. The van der Waals surface area contributed by atoms with E-state index in [0.29, 0.717) is 11.7 Å². The molecule has 7 nitrogen and oxygen atoms in total. The highest BCUT2D eigenvalue weighted by Gasteiger charge is 2.31. The van der Waals surface area contributed by atoms with E-state index in [2.05, 4.69) is 27.8 Å². The number of hydrogen-bond acceptors (Lipinski definition) is 6. The number of alkyl halides is 3. The predicted octanol–water partition coefficient (Wildman–Crippen LogP) is 3.09. The Bertz CT molecular complexity index is 910. The van der Waals surface area contributed by atoms with Gasteiger partial charge in [-0.1, -0.05) is 13.0 Å². The number of piperidine rings is 1. The van der Waals surface area contributed by atoms with Gasteiger partial charge >= 0.3 is 6.18 Å². The van der Waals surface area contributed by atoms with Gasteiger partial charge < -0.3 is 19.9 Å². The molecule has 0 bridgehead atoms. The Morgan fingerprint density at radius 2 is 2.03 bits per heavy atom. The minimum Gasteiger partial charge on any atom is -0.755 e. The lowest BCUT2D eigenvalue weighted by atomic mass is 9.95. The van der Waals surface area contributed by atoms with Crippen molar-refractivity contribution in [2.75, 3.05) is 23.1 Å². The molecule has 0 spiro atoms. The van der Waals surface area contributed by atoms with Crippen molar-refractivity contribution in [1.82, 2.24) is 15.5 Å². The molecule has 3 N–H and O–H groups in total. The molecule has 3 unspecified atom stereocenters. The van der Waals surface area contributed by atoms with Gasteiger partial charge in [0.15, 0.2) is 5.82 Å². The maximum atomic E-state index is 13.0. The second-order valence-electron chi connectivity index (χ2n) is 7.08. The molecule has 2 heterocycles. The number of benzene rings is 1.